The molecule has 4 nitrogen and oxygen atoms in total. The van der Waals surface area contributed by atoms with Crippen molar-refractivity contribution < 1.29 is 0 Å². The number of aromatic nitrogens is 3. The Morgan fingerprint density at radius 1 is 1.22 bits per heavy atom. The SMILES string of the molecule is Brc1cccc(Nc2ncnc3cn[c]cc23)c1. The van der Waals surface area contributed by atoms with Crippen LogP contribution in [0.1, 0.15) is 0 Å². The lowest BCUT2D eigenvalue weighted by Gasteiger charge is -2.07. The van der Waals surface area contributed by atoms with Gasteiger partial charge in [-0.1, -0.05) is 22.0 Å². The van der Waals surface area contributed by atoms with Crippen molar-refractivity contribution in [3.05, 3.63) is 53.5 Å². The summed E-state index contributed by atoms with van der Waals surface area (Å²) in [5.41, 5.74) is 1.75. The standard InChI is InChI=1S/C13H8BrN4/c14-9-2-1-3-10(6-9)18-13-11-4-5-15-7-12(11)16-8-17-13/h1-4,6-8H,(H,16,17,18). The number of fused-ring (bicyclic) bond motifs is 1. The van der Waals surface area contributed by atoms with Gasteiger partial charge >= 0.3 is 0 Å². The molecule has 0 saturated carbocycles. The second-order valence-electron chi connectivity index (χ2n) is 3.69. The number of benzene rings is 1. The van der Waals surface area contributed by atoms with Gasteiger partial charge in [0.05, 0.1) is 17.9 Å². The number of hydrogen-bond acceptors (Lipinski definition) is 4. The molecule has 2 aromatic heterocycles. The lowest BCUT2D eigenvalue weighted by molar-refractivity contribution is 1.20. The number of anilines is 2. The molecule has 0 saturated heterocycles. The van der Waals surface area contributed by atoms with Gasteiger partial charge in [-0.15, -0.1) is 0 Å². The molecular weight excluding hydrogens is 292 g/mol. The maximum absolute atomic E-state index is 4.25. The molecule has 0 atom stereocenters. The van der Waals surface area contributed by atoms with Gasteiger partial charge in [0.2, 0.25) is 0 Å². The van der Waals surface area contributed by atoms with Crippen LogP contribution in [0.4, 0.5) is 11.5 Å². The first-order valence-corrected chi connectivity index (χ1v) is 6.11. The van der Waals surface area contributed by atoms with E-state index in [-0.39, 0.29) is 0 Å². The second-order valence-corrected chi connectivity index (χ2v) is 4.60. The van der Waals surface area contributed by atoms with Gasteiger partial charge in [0.15, 0.2) is 0 Å². The van der Waals surface area contributed by atoms with E-state index >= 15 is 0 Å². The molecule has 0 fully saturated rings. The molecule has 18 heavy (non-hydrogen) atoms. The van der Waals surface area contributed by atoms with Crippen LogP contribution in [-0.4, -0.2) is 15.0 Å². The van der Waals surface area contributed by atoms with Crippen molar-refractivity contribution in [3.63, 3.8) is 0 Å². The van der Waals surface area contributed by atoms with Gasteiger partial charge in [0.25, 0.3) is 0 Å². The molecule has 0 aliphatic rings. The number of hydrogen-bond donors (Lipinski definition) is 1. The first-order chi connectivity index (χ1) is 8.83. The van der Waals surface area contributed by atoms with Gasteiger partial charge in [-0.05, 0) is 24.3 Å². The van der Waals surface area contributed by atoms with E-state index in [1.54, 1.807) is 12.3 Å². The first kappa shape index (κ1) is 11.1. The largest absolute Gasteiger partial charge is 0.340 e. The van der Waals surface area contributed by atoms with Crippen LogP contribution in [-0.2, 0) is 0 Å². The van der Waals surface area contributed by atoms with Crippen LogP contribution in [0.3, 0.4) is 0 Å². The summed E-state index contributed by atoms with van der Waals surface area (Å²) in [4.78, 5) is 12.3. The van der Waals surface area contributed by atoms with E-state index in [0.717, 1.165) is 26.9 Å². The molecule has 3 rings (SSSR count). The van der Waals surface area contributed by atoms with Crippen molar-refractivity contribution in [2.75, 3.05) is 5.32 Å². The highest BCUT2D eigenvalue weighted by atomic mass is 79.9. The third-order valence-electron chi connectivity index (χ3n) is 2.47. The van der Waals surface area contributed by atoms with Gasteiger partial charge in [-0.25, -0.2) is 9.97 Å². The Labute approximate surface area is 112 Å². The predicted octanol–water partition coefficient (Wildman–Crippen LogP) is 3.33. The fraction of sp³-hybridized carbons (Fsp3) is 0. The summed E-state index contributed by atoms with van der Waals surface area (Å²) in [6.07, 6.45) is 5.98. The zero-order valence-electron chi connectivity index (χ0n) is 9.26. The summed E-state index contributed by atoms with van der Waals surface area (Å²) >= 11 is 3.44. The fourth-order valence-corrected chi connectivity index (χ4v) is 2.06. The van der Waals surface area contributed by atoms with Gasteiger partial charge in [0, 0.05) is 15.5 Å². The van der Waals surface area contributed by atoms with Crippen molar-refractivity contribution in [1.29, 1.82) is 0 Å². The molecule has 0 amide bonds. The van der Waals surface area contributed by atoms with E-state index in [2.05, 4.69) is 42.4 Å². The first-order valence-electron chi connectivity index (χ1n) is 5.32. The van der Waals surface area contributed by atoms with E-state index in [1.807, 2.05) is 24.3 Å². The number of rotatable bonds is 2. The van der Waals surface area contributed by atoms with E-state index in [9.17, 15) is 0 Å². The average Bonchev–Trinajstić information content (AvgIpc) is 2.39. The molecule has 1 N–H and O–H groups in total. The molecule has 2 heterocycles. The van der Waals surface area contributed by atoms with Crippen molar-refractivity contribution in [1.82, 2.24) is 15.0 Å². The minimum absolute atomic E-state index is 0.747. The van der Waals surface area contributed by atoms with Gasteiger partial charge in [0.1, 0.15) is 12.1 Å². The second kappa shape index (κ2) is 4.70. The van der Waals surface area contributed by atoms with Gasteiger partial charge in [-0.3, -0.25) is 4.98 Å². The molecule has 5 heteroatoms. The Bertz CT molecular complexity index is 694. The topological polar surface area (TPSA) is 50.7 Å². The highest BCUT2D eigenvalue weighted by Gasteiger charge is 2.03. The van der Waals surface area contributed by atoms with Crippen molar-refractivity contribution in [2.24, 2.45) is 0 Å². The Balaban J connectivity index is 2.05. The smallest absolute Gasteiger partial charge is 0.141 e. The molecule has 1 radical (unpaired) electrons. The Hall–Kier alpha value is -2.01. The molecule has 0 bridgehead atoms. The molecule has 3 aromatic rings. The lowest BCUT2D eigenvalue weighted by Crippen LogP contribution is -1.96. The van der Waals surface area contributed by atoms with Crippen LogP contribution >= 0.6 is 15.9 Å². The Morgan fingerprint density at radius 2 is 2.17 bits per heavy atom. The highest BCUT2D eigenvalue weighted by molar-refractivity contribution is 9.10. The van der Waals surface area contributed by atoms with Crippen molar-refractivity contribution in [3.8, 4) is 0 Å². The van der Waals surface area contributed by atoms with Gasteiger partial charge < -0.3 is 5.32 Å². The lowest BCUT2D eigenvalue weighted by atomic mass is 10.2. The number of nitrogens with zero attached hydrogens (tertiary/aromatic N) is 3. The predicted molar refractivity (Wildman–Crippen MR) is 73.6 cm³/mol. The summed E-state index contributed by atoms with van der Waals surface area (Å²) in [6.45, 7) is 0. The summed E-state index contributed by atoms with van der Waals surface area (Å²) < 4.78 is 1.01. The van der Waals surface area contributed by atoms with Crippen molar-refractivity contribution >= 4 is 38.3 Å². The van der Waals surface area contributed by atoms with Gasteiger partial charge in [-0.2, -0.15) is 0 Å². The minimum atomic E-state index is 0.747. The average molecular weight is 300 g/mol. The number of pyridine rings is 1. The number of nitrogens with one attached hydrogen (secondary N) is 1. The molecular formula is C13H8BrN4. The summed E-state index contributed by atoms with van der Waals surface area (Å²) in [5.74, 6) is 0.747. The van der Waals surface area contributed by atoms with Crippen LogP contribution < -0.4 is 5.32 Å². The van der Waals surface area contributed by atoms with Crippen LogP contribution in [0.5, 0.6) is 0 Å². The zero-order chi connectivity index (χ0) is 12.4. The van der Waals surface area contributed by atoms with Crippen LogP contribution in [0.15, 0.2) is 47.3 Å². The van der Waals surface area contributed by atoms with E-state index < -0.39 is 0 Å². The van der Waals surface area contributed by atoms with Crippen LogP contribution in [0, 0.1) is 6.20 Å². The molecule has 0 aliphatic carbocycles. The third-order valence-corrected chi connectivity index (χ3v) is 2.97. The Morgan fingerprint density at radius 3 is 3.06 bits per heavy atom. The monoisotopic (exact) mass is 299 g/mol. The van der Waals surface area contributed by atoms with E-state index in [0.29, 0.717) is 0 Å². The molecule has 0 aliphatic heterocycles. The quantitative estimate of drug-likeness (QED) is 0.788. The Kier molecular flexibility index (Phi) is 2.90. The molecule has 1 aromatic carbocycles. The van der Waals surface area contributed by atoms with Crippen molar-refractivity contribution in [2.45, 2.75) is 0 Å². The summed E-state index contributed by atoms with van der Waals surface area (Å²) in [5, 5.41) is 4.15. The summed E-state index contributed by atoms with van der Waals surface area (Å²) in [7, 11) is 0. The highest BCUT2D eigenvalue weighted by Crippen LogP contribution is 2.23. The molecule has 87 valence electrons. The normalized spacial score (nSPS) is 10.5. The minimum Gasteiger partial charge on any atom is -0.340 e. The third kappa shape index (κ3) is 2.17. The maximum Gasteiger partial charge on any atom is 0.141 e. The summed E-state index contributed by atoms with van der Waals surface area (Å²) in [6, 6.07) is 9.67. The molecule has 0 unspecified atom stereocenters. The van der Waals surface area contributed by atoms with E-state index in [4.69, 9.17) is 0 Å². The van der Waals surface area contributed by atoms with Crippen LogP contribution in [0.25, 0.3) is 10.9 Å². The van der Waals surface area contributed by atoms with Crippen LogP contribution in [0.2, 0.25) is 0 Å². The number of halogens is 1. The molecule has 0 spiro atoms. The fourth-order valence-electron chi connectivity index (χ4n) is 1.66. The zero-order valence-corrected chi connectivity index (χ0v) is 10.8. The maximum atomic E-state index is 4.25. The van der Waals surface area contributed by atoms with E-state index in [1.165, 1.54) is 6.33 Å².